The highest BCUT2D eigenvalue weighted by molar-refractivity contribution is 7.19. The molecule has 0 atom stereocenters. The number of hydrogen-bond acceptors (Lipinski definition) is 6. The van der Waals surface area contributed by atoms with Crippen molar-refractivity contribution in [2.45, 2.75) is 13.3 Å². The number of rotatable bonds is 4. The molecule has 0 saturated heterocycles. The van der Waals surface area contributed by atoms with E-state index in [1.165, 1.54) is 22.7 Å². The molecule has 0 aliphatic carbocycles. The molecule has 4 nitrogen and oxygen atoms in total. The second kappa shape index (κ2) is 5.18. The van der Waals surface area contributed by atoms with Gasteiger partial charge in [0, 0.05) is 17.0 Å². The van der Waals surface area contributed by atoms with Crippen molar-refractivity contribution in [1.82, 2.24) is 9.97 Å². The third kappa shape index (κ3) is 2.65. The second-order valence-electron chi connectivity index (χ2n) is 2.96. The Balaban J connectivity index is 2.06. The smallest absolute Gasteiger partial charge is 0.311 e. The van der Waals surface area contributed by atoms with Gasteiger partial charge in [-0.15, -0.1) is 22.7 Å². The van der Waals surface area contributed by atoms with E-state index in [1.54, 1.807) is 13.1 Å². The largest absolute Gasteiger partial charge is 0.466 e. The molecule has 2 rings (SSSR count). The minimum absolute atomic E-state index is 0.232. The summed E-state index contributed by atoms with van der Waals surface area (Å²) in [6, 6.07) is 0. The van der Waals surface area contributed by atoms with Crippen LogP contribution < -0.4 is 0 Å². The SMILES string of the molecule is CCOC(=O)Cc1csc(-c2nccs2)n1. The van der Waals surface area contributed by atoms with E-state index < -0.39 is 0 Å². The van der Waals surface area contributed by atoms with Crippen molar-refractivity contribution in [2.75, 3.05) is 6.61 Å². The van der Waals surface area contributed by atoms with Gasteiger partial charge in [0.2, 0.25) is 0 Å². The van der Waals surface area contributed by atoms with Crippen molar-refractivity contribution in [1.29, 1.82) is 0 Å². The highest BCUT2D eigenvalue weighted by atomic mass is 32.1. The number of nitrogens with zero attached hydrogens (tertiary/aromatic N) is 2. The van der Waals surface area contributed by atoms with Gasteiger partial charge in [0.05, 0.1) is 18.7 Å². The molecule has 0 bridgehead atoms. The molecule has 2 aromatic heterocycles. The lowest BCUT2D eigenvalue weighted by Gasteiger charge is -1.97. The first kappa shape index (κ1) is 11.2. The maximum absolute atomic E-state index is 11.2. The van der Waals surface area contributed by atoms with Gasteiger partial charge in [0.1, 0.15) is 0 Å². The van der Waals surface area contributed by atoms with E-state index in [4.69, 9.17) is 4.74 Å². The molecule has 2 aromatic rings. The molecule has 0 saturated carbocycles. The van der Waals surface area contributed by atoms with E-state index in [2.05, 4.69) is 9.97 Å². The van der Waals surface area contributed by atoms with E-state index >= 15 is 0 Å². The predicted molar refractivity (Wildman–Crippen MR) is 63.6 cm³/mol. The molecule has 0 aliphatic heterocycles. The Morgan fingerprint density at radius 2 is 2.31 bits per heavy atom. The fourth-order valence-corrected chi connectivity index (χ4v) is 2.69. The van der Waals surface area contributed by atoms with Crippen molar-refractivity contribution in [3.05, 3.63) is 22.7 Å². The van der Waals surface area contributed by atoms with Crippen LogP contribution >= 0.6 is 22.7 Å². The summed E-state index contributed by atoms with van der Waals surface area (Å²) in [6.45, 7) is 2.20. The lowest BCUT2D eigenvalue weighted by molar-refractivity contribution is -0.142. The van der Waals surface area contributed by atoms with Crippen LogP contribution in [0.15, 0.2) is 17.0 Å². The zero-order valence-corrected chi connectivity index (χ0v) is 10.3. The average molecular weight is 254 g/mol. The minimum atomic E-state index is -0.238. The van der Waals surface area contributed by atoms with Gasteiger partial charge in [-0.1, -0.05) is 0 Å². The number of carbonyl (C=O) groups is 1. The Morgan fingerprint density at radius 1 is 1.44 bits per heavy atom. The lowest BCUT2D eigenvalue weighted by Crippen LogP contribution is -2.07. The van der Waals surface area contributed by atoms with Crippen molar-refractivity contribution >= 4 is 28.6 Å². The Labute approximate surface area is 101 Å². The highest BCUT2D eigenvalue weighted by Gasteiger charge is 2.10. The normalized spacial score (nSPS) is 10.3. The van der Waals surface area contributed by atoms with Crippen molar-refractivity contribution in [3.63, 3.8) is 0 Å². The summed E-state index contributed by atoms with van der Waals surface area (Å²) in [5.41, 5.74) is 0.744. The highest BCUT2D eigenvalue weighted by Crippen LogP contribution is 2.25. The van der Waals surface area contributed by atoms with Gasteiger partial charge in [-0.2, -0.15) is 0 Å². The van der Waals surface area contributed by atoms with E-state index in [1.807, 2.05) is 10.8 Å². The molecule has 84 valence electrons. The predicted octanol–water partition coefficient (Wildman–Crippen LogP) is 2.37. The summed E-state index contributed by atoms with van der Waals surface area (Å²) >= 11 is 3.04. The van der Waals surface area contributed by atoms with Gasteiger partial charge in [-0.25, -0.2) is 9.97 Å². The molecule has 2 heterocycles. The monoisotopic (exact) mass is 254 g/mol. The van der Waals surface area contributed by atoms with Crippen LogP contribution in [0.25, 0.3) is 10.0 Å². The third-order valence-electron chi connectivity index (χ3n) is 1.80. The van der Waals surface area contributed by atoms with Gasteiger partial charge in [0.15, 0.2) is 10.0 Å². The first-order valence-corrected chi connectivity index (χ1v) is 6.55. The van der Waals surface area contributed by atoms with Crippen molar-refractivity contribution < 1.29 is 9.53 Å². The third-order valence-corrected chi connectivity index (χ3v) is 3.60. The Kier molecular flexibility index (Phi) is 3.63. The van der Waals surface area contributed by atoms with Crippen molar-refractivity contribution in [2.24, 2.45) is 0 Å². The zero-order chi connectivity index (χ0) is 11.4. The molecule has 0 spiro atoms. The molecule has 0 N–H and O–H groups in total. The quantitative estimate of drug-likeness (QED) is 0.786. The van der Waals surface area contributed by atoms with Gasteiger partial charge < -0.3 is 4.74 Å². The number of esters is 1. The van der Waals surface area contributed by atoms with Crippen LogP contribution in [-0.4, -0.2) is 22.5 Å². The number of aromatic nitrogens is 2. The van der Waals surface area contributed by atoms with Gasteiger partial charge in [-0.05, 0) is 6.92 Å². The van der Waals surface area contributed by atoms with Gasteiger partial charge in [0.25, 0.3) is 0 Å². The van der Waals surface area contributed by atoms with Crippen LogP contribution in [0.5, 0.6) is 0 Å². The first-order valence-electron chi connectivity index (χ1n) is 4.79. The molecule has 0 fully saturated rings. The van der Waals surface area contributed by atoms with E-state index in [0.717, 1.165) is 15.7 Å². The number of ether oxygens (including phenoxy) is 1. The van der Waals surface area contributed by atoms with E-state index in [-0.39, 0.29) is 12.4 Å². The first-order chi connectivity index (χ1) is 7.79. The molecule has 0 radical (unpaired) electrons. The molecular weight excluding hydrogens is 244 g/mol. The van der Waals surface area contributed by atoms with Crippen LogP contribution in [0.4, 0.5) is 0 Å². The summed E-state index contributed by atoms with van der Waals surface area (Å²) in [6.07, 6.45) is 1.97. The molecule has 0 aromatic carbocycles. The van der Waals surface area contributed by atoms with E-state index in [9.17, 15) is 4.79 Å². The lowest BCUT2D eigenvalue weighted by atomic mass is 10.3. The summed E-state index contributed by atoms with van der Waals surface area (Å²) < 4.78 is 4.86. The molecular formula is C10H10N2O2S2. The summed E-state index contributed by atoms with van der Waals surface area (Å²) in [5.74, 6) is -0.238. The standard InChI is InChI=1S/C10H10N2O2S2/c1-2-14-8(13)5-7-6-16-10(12-7)9-11-3-4-15-9/h3-4,6H,2,5H2,1H3. The summed E-state index contributed by atoms with van der Waals surface area (Å²) in [5, 5.41) is 5.52. The zero-order valence-electron chi connectivity index (χ0n) is 8.67. The van der Waals surface area contributed by atoms with Gasteiger partial charge in [-0.3, -0.25) is 4.79 Å². The molecule has 16 heavy (non-hydrogen) atoms. The second-order valence-corrected chi connectivity index (χ2v) is 4.72. The molecule has 0 unspecified atom stereocenters. The maximum atomic E-state index is 11.2. The fraction of sp³-hybridized carbons (Fsp3) is 0.300. The number of carbonyl (C=O) groups excluding carboxylic acids is 1. The maximum Gasteiger partial charge on any atom is 0.311 e. The Bertz CT molecular complexity index is 465. The van der Waals surface area contributed by atoms with E-state index in [0.29, 0.717) is 6.61 Å². The van der Waals surface area contributed by atoms with Gasteiger partial charge >= 0.3 is 5.97 Å². The fourth-order valence-electron chi connectivity index (χ4n) is 1.18. The average Bonchev–Trinajstić information content (AvgIpc) is 2.86. The molecule has 0 amide bonds. The van der Waals surface area contributed by atoms with Crippen LogP contribution in [-0.2, 0) is 16.0 Å². The number of thiazole rings is 2. The molecule has 6 heteroatoms. The van der Waals surface area contributed by atoms with Crippen LogP contribution in [0.1, 0.15) is 12.6 Å². The number of hydrogen-bond donors (Lipinski definition) is 0. The van der Waals surface area contributed by atoms with Crippen LogP contribution in [0, 0.1) is 0 Å². The topological polar surface area (TPSA) is 52.1 Å². The molecule has 0 aliphatic rings. The Morgan fingerprint density at radius 3 is 3.00 bits per heavy atom. The van der Waals surface area contributed by atoms with Crippen LogP contribution in [0.3, 0.4) is 0 Å². The Hall–Kier alpha value is -1.27. The van der Waals surface area contributed by atoms with Crippen LogP contribution in [0.2, 0.25) is 0 Å². The summed E-state index contributed by atoms with van der Waals surface area (Å²) in [7, 11) is 0. The van der Waals surface area contributed by atoms with Crippen molar-refractivity contribution in [3.8, 4) is 10.0 Å². The minimum Gasteiger partial charge on any atom is -0.466 e. The summed E-state index contributed by atoms with van der Waals surface area (Å²) in [4.78, 5) is 19.7.